The highest BCUT2D eigenvalue weighted by Crippen LogP contribution is 2.14. The van der Waals surface area contributed by atoms with Crippen molar-refractivity contribution in [2.45, 2.75) is 90.9 Å². The lowest BCUT2D eigenvalue weighted by atomic mass is 10.1. The van der Waals surface area contributed by atoms with Crippen molar-refractivity contribution in [3.8, 4) is 11.5 Å². The minimum atomic E-state index is 0.560. The average Bonchev–Trinajstić information content (AvgIpc) is 3.02. The lowest BCUT2D eigenvalue weighted by molar-refractivity contribution is 0.0541. The van der Waals surface area contributed by atoms with Crippen LogP contribution in [0.25, 0.3) is 0 Å². The van der Waals surface area contributed by atoms with E-state index < -0.39 is 0 Å². The highest BCUT2D eigenvalue weighted by Gasteiger charge is 1.97. The Kier molecular flexibility index (Phi) is 21.9. The van der Waals surface area contributed by atoms with E-state index in [1.54, 1.807) is 0 Å². The van der Waals surface area contributed by atoms with Crippen LogP contribution in [0.2, 0.25) is 0 Å². The van der Waals surface area contributed by atoms with Gasteiger partial charge in [0.1, 0.15) is 11.5 Å². The Balaban J connectivity index is 1.41. The molecule has 0 saturated heterocycles. The summed E-state index contributed by atoms with van der Waals surface area (Å²) in [5.41, 5.74) is 2.14. The summed E-state index contributed by atoms with van der Waals surface area (Å²) in [6.45, 7) is 9.61. The van der Waals surface area contributed by atoms with Crippen LogP contribution in [0, 0.1) is 0 Å². The molecule has 0 aliphatic heterocycles. The Morgan fingerprint density at radius 2 is 0.833 bits per heavy atom. The van der Waals surface area contributed by atoms with Crippen molar-refractivity contribution in [3.05, 3.63) is 59.7 Å². The molecule has 42 heavy (non-hydrogen) atoms. The first-order valence-electron chi connectivity index (χ1n) is 16.4. The van der Waals surface area contributed by atoms with Gasteiger partial charge in [0.15, 0.2) is 0 Å². The molecule has 6 heteroatoms. The third kappa shape index (κ3) is 19.4. The maximum atomic E-state index is 5.84. The molecule has 0 aliphatic carbocycles. The largest absolute Gasteiger partial charge is 0.494 e. The summed E-state index contributed by atoms with van der Waals surface area (Å²) in [6, 6.07) is 16.2. The van der Waals surface area contributed by atoms with Crippen molar-refractivity contribution in [3.63, 3.8) is 0 Å². The van der Waals surface area contributed by atoms with Crippen LogP contribution in [0.3, 0.4) is 0 Å². The van der Waals surface area contributed by atoms with Gasteiger partial charge in [-0.15, -0.1) is 0 Å². The molecule has 0 unspecified atom stereocenters. The molecular weight excluding hydrogens is 524 g/mol. The molecule has 0 fully saturated rings. The number of ether oxygens (including phenoxy) is 4. The van der Waals surface area contributed by atoms with E-state index in [9.17, 15) is 0 Å². The van der Waals surface area contributed by atoms with Crippen LogP contribution in [-0.4, -0.2) is 65.2 Å². The summed E-state index contributed by atoms with van der Waals surface area (Å²) in [4.78, 5) is 8.89. The van der Waals surface area contributed by atoms with Gasteiger partial charge in [-0.1, -0.05) is 78.1 Å². The van der Waals surface area contributed by atoms with E-state index in [1.807, 2.05) is 61.0 Å². The van der Waals surface area contributed by atoms with Crippen LogP contribution >= 0.6 is 0 Å². The summed E-state index contributed by atoms with van der Waals surface area (Å²) in [5.74, 6) is 1.85. The molecule has 2 rings (SSSR count). The van der Waals surface area contributed by atoms with Gasteiger partial charge in [-0.05, 0) is 72.5 Å². The van der Waals surface area contributed by atoms with Gasteiger partial charge in [0, 0.05) is 12.4 Å². The molecule has 6 nitrogen and oxygen atoms in total. The highest BCUT2D eigenvalue weighted by molar-refractivity contribution is 5.80. The maximum Gasteiger partial charge on any atom is 0.119 e. The van der Waals surface area contributed by atoms with E-state index in [0.29, 0.717) is 39.5 Å². The Hall–Kier alpha value is -2.70. The van der Waals surface area contributed by atoms with E-state index in [1.165, 1.54) is 64.2 Å². The minimum Gasteiger partial charge on any atom is -0.494 e. The number of hydrogen-bond acceptors (Lipinski definition) is 6. The fraction of sp³-hybridized carbons (Fsp3) is 0.611. The third-order valence-electron chi connectivity index (χ3n) is 6.88. The van der Waals surface area contributed by atoms with E-state index in [0.717, 1.165) is 48.7 Å². The fourth-order valence-corrected chi connectivity index (χ4v) is 4.34. The molecule has 0 atom stereocenters. The van der Waals surface area contributed by atoms with Crippen LogP contribution in [0.15, 0.2) is 58.5 Å². The quantitative estimate of drug-likeness (QED) is 0.0783. The monoisotopic (exact) mass is 580 g/mol. The van der Waals surface area contributed by atoms with Crippen molar-refractivity contribution < 1.29 is 18.9 Å². The normalized spacial score (nSPS) is 11.6. The predicted molar refractivity (Wildman–Crippen MR) is 177 cm³/mol. The van der Waals surface area contributed by atoms with E-state index in [2.05, 4.69) is 23.8 Å². The standard InChI is InChI=1S/C36H56N2O4/c1-3-5-7-9-11-13-25-41-35-19-15-33(16-20-35)31-37-23-27-39-29-30-40-28-24-38-32-34-17-21-36(22-18-34)42-26-14-12-10-8-6-4-2/h15-22,31-32H,3-14,23-30H2,1-2H3. The van der Waals surface area contributed by atoms with Gasteiger partial charge in [0.2, 0.25) is 0 Å². The Morgan fingerprint density at radius 3 is 1.24 bits per heavy atom. The minimum absolute atomic E-state index is 0.560. The second kappa shape index (κ2) is 26.0. The summed E-state index contributed by atoms with van der Waals surface area (Å²) in [6.07, 6.45) is 19.1. The van der Waals surface area contributed by atoms with Gasteiger partial charge in [0.05, 0.1) is 52.7 Å². The predicted octanol–water partition coefficient (Wildman–Crippen LogP) is 8.74. The van der Waals surface area contributed by atoms with Gasteiger partial charge in [-0.25, -0.2) is 0 Å². The zero-order valence-corrected chi connectivity index (χ0v) is 26.4. The summed E-state index contributed by atoms with van der Waals surface area (Å²) in [5, 5.41) is 0. The molecule has 0 aliphatic rings. The zero-order valence-electron chi connectivity index (χ0n) is 26.4. The zero-order chi connectivity index (χ0) is 29.8. The van der Waals surface area contributed by atoms with E-state index >= 15 is 0 Å². The van der Waals surface area contributed by atoms with Crippen LogP contribution in [0.5, 0.6) is 11.5 Å². The summed E-state index contributed by atoms with van der Waals surface area (Å²) in [7, 11) is 0. The van der Waals surface area contributed by atoms with Gasteiger partial charge >= 0.3 is 0 Å². The van der Waals surface area contributed by atoms with E-state index in [4.69, 9.17) is 18.9 Å². The number of rotatable bonds is 27. The molecule has 0 bridgehead atoms. The summed E-state index contributed by atoms with van der Waals surface area (Å²) >= 11 is 0. The first kappa shape index (κ1) is 35.5. The van der Waals surface area contributed by atoms with Crippen LogP contribution in [0.4, 0.5) is 0 Å². The lowest BCUT2D eigenvalue weighted by Gasteiger charge is -2.06. The number of unbranched alkanes of at least 4 members (excludes halogenated alkanes) is 10. The first-order chi connectivity index (χ1) is 20.8. The Bertz CT molecular complexity index is 851. The van der Waals surface area contributed by atoms with Gasteiger partial charge < -0.3 is 18.9 Å². The second-order valence-corrected chi connectivity index (χ2v) is 10.7. The first-order valence-corrected chi connectivity index (χ1v) is 16.4. The second-order valence-electron chi connectivity index (χ2n) is 10.7. The SMILES string of the molecule is CCCCCCCCOc1ccc(C=NCCOCCOCCN=Cc2ccc(OCCCCCCCC)cc2)cc1. The molecule has 234 valence electrons. The molecule has 2 aromatic rings. The Labute approximate surface area is 255 Å². The molecule has 2 aromatic carbocycles. The van der Waals surface area contributed by atoms with Crippen molar-refractivity contribution in [1.29, 1.82) is 0 Å². The van der Waals surface area contributed by atoms with E-state index in [-0.39, 0.29) is 0 Å². The lowest BCUT2D eigenvalue weighted by Crippen LogP contribution is -2.08. The topological polar surface area (TPSA) is 61.6 Å². The third-order valence-corrected chi connectivity index (χ3v) is 6.88. The van der Waals surface area contributed by atoms with Crippen molar-refractivity contribution in [1.82, 2.24) is 0 Å². The maximum absolute atomic E-state index is 5.84. The molecule has 0 aromatic heterocycles. The van der Waals surface area contributed by atoms with Gasteiger partial charge in [-0.3, -0.25) is 9.98 Å². The van der Waals surface area contributed by atoms with Gasteiger partial charge in [0.25, 0.3) is 0 Å². The number of aliphatic imine (C=N–C) groups is 2. The number of hydrogen-bond donors (Lipinski definition) is 0. The molecule has 0 saturated carbocycles. The smallest absolute Gasteiger partial charge is 0.119 e. The number of benzene rings is 2. The van der Waals surface area contributed by atoms with Gasteiger partial charge in [-0.2, -0.15) is 0 Å². The van der Waals surface area contributed by atoms with Crippen molar-refractivity contribution in [2.24, 2.45) is 9.98 Å². The Morgan fingerprint density at radius 1 is 0.452 bits per heavy atom. The summed E-state index contributed by atoms with van der Waals surface area (Å²) < 4.78 is 22.9. The average molecular weight is 581 g/mol. The highest BCUT2D eigenvalue weighted by atomic mass is 16.5. The number of nitrogens with zero attached hydrogens (tertiary/aromatic N) is 2. The molecular formula is C36H56N2O4. The molecule has 0 spiro atoms. The van der Waals surface area contributed by atoms with Crippen LogP contribution < -0.4 is 9.47 Å². The fourth-order valence-electron chi connectivity index (χ4n) is 4.34. The molecule has 0 amide bonds. The molecule has 0 N–H and O–H groups in total. The van der Waals surface area contributed by atoms with Crippen LogP contribution in [0.1, 0.15) is 102 Å². The molecule has 0 radical (unpaired) electrons. The molecule has 0 heterocycles. The van der Waals surface area contributed by atoms with Crippen molar-refractivity contribution in [2.75, 3.05) is 52.7 Å². The van der Waals surface area contributed by atoms with Crippen molar-refractivity contribution >= 4 is 12.4 Å². The van der Waals surface area contributed by atoms with Crippen LogP contribution in [-0.2, 0) is 9.47 Å².